The van der Waals surface area contributed by atoms with E-state index in [1.807, 2.05) is 19.4 Å². The number of hydrogen-bond acceptors (Lipinski definition) is 5. The molecule has 0 aromatic rings. The van der Waals surface area contributed by atoms with Crippen molar-refractivity contribution in [3.05, 3.63) is 12.4 Å². The maximum Gasteiger partial charge on any atom is 0.508 e. The van der Waals surface area contributed by atoms with Gasteiger partial charge in [0.05, 0.1) is 13.2 Å². The first-order chi connectivity index (χ1) is 8.74. The lowest BCUT2D eigenvalue weighted by Gasteiger charge is -2.22. The Hall–Kier alpha value is -1.39. The highest BCUT2D eigenvalue weighted by molar-refractivity contribution is 5.60. The minimum absolute atomic E-state index is 0.0732. The van der Waals surface area contributed by atoms with Crippen LogP contribution in [-0.4, -0.2) is 48.9 Å². The fourth-order valence-electron chi connectivity index (χ4n) is 2.33. The molecule has 0 atom stereocenters. The fraction of sp³-hybridized carbons (Fsp3) is 0.769. The highest BCUT2D eigenvalue weighted by Crippen LogP contribution is 2.20. The number of carbonyl (C=O) groups excluding carboxylic acids is 1. The Bertz CT molecular complexity index is 301. The summed E-state index contributed by atoms with van der Waals surface area (Å²) in [5.41, 5.74) is 0. The van der Waals surface area contributed by atoms with Crippen LogP contribution in [0.1, 0.15) is 32.1 Å². The van der Waals surface area contributed by atoms with Gasteiger partial charge in [0, 0.05) is 19.4 Å². The molecular formula is C13H22N2O3. The van der Waals surface area contributed by atoms with Crippen LogP contribution < -0.4 is 0 Å². The zero-order valence-corrected chi connectivity index (χ0v) is 11.0. The van der Waals surface area contributed by atoms with Crippen LogP contribution in [0.4, 0.5) is 4.79 Å². The molecule has 102 valence electrons. The molecule has 0 aromatic carbocycles. The number of carbonyl (C=O) groups is 1. The SMILES string of the molecule is CN1C=CN(CCOC(=O)OC2CCCCC2)C1. The normalized spacial score (nSPS) is 20.3. The first-order valence-electron chi connectivity index (χ1n) is 6.70. The van der Waals surface area contributed by atoms with Crippen LogP contribution in [0, 0.1) is 0 Å². The van der Waals surface area contributed by atoms with Crippen molar-refractivity contribution < 1.29 is 14.3 Å². The molecule has 0 amide bonds. The van der Waals surface area contributed by atoms with E-state index in [0.29, 0.717) is 13.2 Å². The van der Waals surface area contributed by atoms with Crippen LogP contribution in [0.15, 0.2) is 12.4 Å². The minimum atomic E-state index is -0.515. The first kappa shape index (κ1) is 13.1. The van der Waals surface area contributed by atoms with Crippen molar-refractivity contribution in [2.24, 2.45) is 0 Å². The molecule has 0 N–H and O–H groups in total. The van der Waals surface area contributed by atoms with Crippen LogP contribution in [0.3, 0.4) is 0 Å². The minimum Gasteiger partial charge on any atom is -0.432 e. The Labute approximate surface area is 108 Å². The van der Waals surface area contributed by atoms with Crippen LogP contribution >= 0.6 is 0 Å². The topological polar surface area (TPSA) is 42.0 Å². The van der Waals surface area contributed by atoms with Crippen molar-refractivity contribution in [3.8, 4) is 0 Å². The third-order valence-electron chi connectivity index (χ3n) is 3.35. The maximum atomic E-state index is 11.5. The Morgan fingerprint density at radius 2 is 2.06 bits per heavy atom. The summed E-state index contributed by atoms with van der Waals surface area (Å²) in [4.78, 5) is 15.6. The standard InChI is InChI=1S/C13H22N2O3/c1-14-7-8-15(11-14)9-10-17-13(16)18-12-5-3-2-4-6-12/h7-8,12H,2-6,9-11H2,1H3. The van der Waals surface area contributed by atoms with Crippen molar-refractivity contribution in [3.63, 3.8) is 0 Å². The van der Waals surface area contributed by atoms with Crippen molar-refractivity contribution in [2.45, 2.75) is 38.2 Å². The molecule has 1 fully saturated rings. The zero-order chi connectivity index (χ0) is 12.8. The highest BCUT2D eigenvalue weighted by Gasteiger charge is 2.18. The summed E-state index contributed by atoms with van der Waals surface area (Å²) in [6.45, 7) is 1.94. The molecule has 1 aliphatic carbocycles. The average molecular weight is 254 g/mol. The molecule has 0 radical (unpaired) electrons. The second kappa shape index (κ2) is 6.52. The quantitative estimate of drug-likeness (QED) is 0.719. The molecule has 1 saturated carbocycles. The van der Waals surface area contributed by atoms with E-state index in [9.17, 15) is 4.79 Å². The largest absolute Gasteiger partial charge is 0.508 e. The van der Waals surface area contributed by atoms with Crippen molar-refractivity contribution >= 4 is 6.16 Å². The number of ether oxygens (including phenoxy) is 2. The van der Waals surface area contributed by atoms with E-state index in [2.05, 4.69) is 9.80 Å². The summed E-state index contributed by atoms with van der Waals surface area (Å²) in [5, 5.41) is 0. The van der Waals surface area contributed by atoms with Gasteiger partial charge in [-0.25, -0.2) is 4.79 Å². The molecule has 2 rings (SSSR count). The Morgan fingerprint density at radius 3 is 2.72 bits per heavy atom. The Morgan fingerprint density at radius 1 is 1.28 bits per heavy atom. The second-order valence-electron chi connectivity index (χ2n) is 4.99. The van der Waals surface area contributed by atoms with Crippen LogP contribution in [-0.2, 0) is 9.47 Å². The number of nitrogens with zero attached hydrogens (tertiary/aromatic N) is 2. The predicted octanol–water partition coefficient (Wildman–Crippen LogP) is 2.15. The smallest absolute Gasteiger partial charge is 0.432 e. The fourth-order valence-corrected chi connectivity index (χ4v) is 2.33. The molecule has 0 aromatic heterocycles. The summed E-state index contributed by atoms with van der Waals surface area (Å²) in [6, 6.07) is 0. The molecule has 18 heavy (non-hydrogen) atoms. The lowest BCUT2D eigenvalue weighted by Crippen LogP contribution is -2.28. The van der Waals surface area contributed by atoms with Crippen molar-refractivity contribution in [1.29, 1.82) is 0 Å². The van der Waals surface area contributed by atoms with Gasteiger partial charge in [0.15, 0.2) is 0 Å². The Balaban J connectivity index is 1.55. The van der Waals surface area contributed by atoms with E-state index in [0.717, 1.165) is 32.4 Å². The maximum absolute atomic E-state index is 11.5. The average Bonchev–Trinajstić information content (AvgIpc) is 2.76. The van der Waals surface area contributed by atoms with E-state index < -0.39 is 6.16 Å². The van der Waals surface area contributed by atoms with Gasteiger partial charge in [-0.3, -0.25) is 0 Å². The van der Waals surface area contributed by atoms with Gasteiger partial charge in [-0.1, -0.05) is 6.42 Å². The van der Waals surface area contributed by atoms with Gasteiger partial charge in [-0.15, -0.1) is 0 Å². The van der Waals surface area contributed by atoms with Gasteiger partial charge < -0.3 is 19.3 Å². The van der Waals surface area contributed by atoms with Gasteiger partial charge in [0.1, 0.15) is 12.7 Å². The summed E-state index contributed by atoms with van der Waals surface area (Å²) in [7, 11) is 2.01. The third kappa shape index (κ3) is 4.13. The molecule has 0 bridgehead atoms. The highest BCUT2D eigenvalue weighted by atomic mass is 16.7. The molecule has 0 saturated heterocycles. The van der Waals surface area contributed by atoms with Crippen LogP contribution in [0.25, 0.3) is 0 Å². The molecule has 2 aliphatic rings. The van der Waals surface area contributed by atoms with E-state index in [4.69, 9.17) is 9.47 Å². The summed E-state index contributed by atoms with van der Waals surface area (Å²) >= 11 is 0. The van der Waals surface area contributed by atoms with Gasteiger partial charge >= 0.3 is 6.16 Å². The first-order valence-corrected chi connectivity index (χ1v) is 6.70. The third-order valence-corrected chi connectivity index (χ3v) is 3.35. The van der Waals surface area contributed by atoms with Crippen LogP contribution in [0.5, 0.6) is 0 Å². The molecule has 0 unspecified atom stereocenters. The number of hydrogen-bond donors (Lipinski definition) is 0. The van der Waals surface area contributed by atoms with Crippen molar-refractivity contribution in [2.75, 3.05) is 26.9 Å². The zero-order valence-electron chi connectivity index (χ0n) is 11.0. The monoisotopic (exact) mass is 254 g/mol. The summed E-state index contributed by atoms with van der Waals surface area (Å²) in [6.07, 6.45) is 9.08. The number of rotatable bonds is 4. The second-order valence-corrected chi connectivity index (χ2v) is 4.99. The van der Waals surface area contributed by atoms with Gasteiger partial charge in [0.25, 0.3) is 0 Å². The summed E-state index contributed by atoms with van der Waals surface area (Å²) in [5.74, 6) is 0. The molecule has 1 aliphatic heterocycles. The van der Waals surface area contributed by atoms with Crippen LogP contribution in [0.2, 0.25) is 0 Å². The molecule has 5 nitrogen and oxygen atoms in total. The molecule has 5 heteroatoms. The van der Waals surface area contributed by atoms with Crippen molar-refractivity contribution in [1.82, 2.24) is 9.80 Å². The van der Waals surface area contributed by atoms with E-state index >= 15 is 0 Å². The molecule has 0 spiro atoms. The van der Waals surface area contributed by atoms with Gasteiger partial charge in [-0.2, -0.15) is 0 Å². The van der Waals surface area contributed by atoms with Gasteiger partial charge in [-0.05, 0) is 25.7 Å². The molecular weight excluding hydrogens is 232 g/mol. The Kier molecular flexibility index (Phi) is 4.73. The van der Waals surface area contributed by atoms with E-state index in [1.54, 1.807) is 0 Å². The lowest BCUT2D eigenvalue weighted by atomic mass is 9.98. The lowest BCUT2D eigenvalue weighted by molar-refractivity contribution is 0.00866. The predicted molar refractivity (Wildman–Crippen MR) is 67.8 cm³/mol. The van der Waals surface area contributed by atoms with E-state index in [1.165, 1.54) is 6.42 Å². The van der Waals surface area contributed by atoms with E-state index in [-0.39, 0.29) is 6.10 Å². The molecule has 1 heterocycles. The van der Waals surface area contributed by atoms with Gasteiger partial charge in [0.2, 0.25) is 0 Å². The summed E-state index contributed by atoms with van der Waals surface area (Å²) < 4.78 is 10.4.